The van der Waals surface area contributed by atoms with Gasteiger partial charge in [-0.2, -0.15) is 0 Å². The number of rotatable bonds is 4. The fourth-order valence-electron chi connectivity index (χ4n) is 3.05. The van der Waals surface area contributed by atoms with Crippen LogP contribution in [0.5, 0.6) is 0 Å². The molecule has 1 atom stereocenters. The number of carbonyl (C=O) groups excluding carboxylic acids is 2. The second-order valence-electron chi connectivity index (χ2n) is 6.92. The minimum Gasteiger partial charge on any atom is -0.344 e. The highest BCUT2D eigenvalue weighted by Crippen LogP contribution is 2.43. The summed E-state index contributed by atoms with van der Waals surface area (Å²) in [5.41, 5.74) is -0.112. The molecule has 108 valence electrons. The van der Waals surface area contributed by atoms with Gasteiger partial charge in [-0.15, -0.1) is 0 Å². The first-order valence-corrected chi connectivity index (χ1v) is 7.43. The minimum atomic E-state index is -0.340. The topological polar surface area (TPSA) is 49.4 Å². The molecule has 2 fully saturated rings. The molecule has 1 unspecified atom stereocenters. The van der Waals surface area contributed by atoms with Crippen LogP contribution in [-0.4, -0.2) is 34.8 Å². The number of nitrogens with one attached hydrogen (secondary N) is 1. The van der Waals surface area contributed by atoms with E-state index in [9.17, 15) is 9.59 Å². The Morgan fingerprint density at radius 3 is 2.47 bits per heavy atom. The van der Waals surface area contributed by atoms with Crippen molar-refractivity contribution in [1.29, 1.82) is 0 Å². The van der Waals surface area contributed by atoms with Gasteiger partial charge in [-0.1, -0.05) is 13.8 Å². The molecule has 1 saturated carbocycles. The number of hydrogen-bond donors (Lipinski definition) is 1. The van der Waals surface area contributed by atoms with Gasteiger partial charge in [0.2, 0.25) is 11.8 Å². The van der Waals surface area contributed by atoms with Crippen LogP contribution >= 0.6 is 0 Å². The average Bonchev–Trinajstić information content (AvgIpc) is 3.09. The normalized spacial score (nSPS) is 25.5. The van der Waals surface area contributed by atoms with E-state index in [0.29, 0.717) is 24.8 Å². The molecule has 1 aliphatic heterocycles. The number of carbonyl (C=O) groups is 2. The summed E-state index contributed by atoms with van der Waals surface area (Å²) in [6.45, 7) is 9.01. The van der Waals surface area contributed by atoms with Gasteiger partial charge in [-0.05, 0) is 44.9 Å². The zero-order valence-corrected chi connectivity index (χ0v) is 12.5. The van der Waals surface area contributed by atoms with E-state index < -0.39 is 0 Å². The Kier molecular flexibility index (Phi) is 3.88. The highest BCUT2D eigenvalue weighted by atomic mass is 16.2. The number of hydrogen-bond acceptors (Lipinski definition) is 2. The zero-order chi connectivity index (χ0) is 14.2. The van der Waals surface area contributed by atoms with Crippen LogP contribution in [0, 0.1) is 11.8 Å². The first kappa shape index (κ1) is 14.4. The Balaban J connectivity index is 2.18. The summed E-state index contributed by atoms with van der Waals surface area (Å²) in [5.74, 6) is 1.12. The van der Waals surface area contributed by atoms with Crippen molar-refractivity contribution in [2.75, 3.05) is 6.54 Å². The number of nitrogens with zero attached hydrogens (tertiary/aromatic N) is 1. The van der Waals surface area contributed by atoms with Gasteiger partial charge < -0.3 is 10.2 Å². The van der Waals surface area contributed by atoms with Crippen LogP contribution in [0.15, 0.2) is 0 Å². The van der Waals surface area contributed by atoms with E-state index in [-0.39, 0.29) is 23.4 Å². The molecule has 1 saturated heterocycles. The largest absolute Gasteiger partial charge is 0.344 e. The van der Waals surface area contributed by atoms with Gasteiger partial charge in [0, 0.05) is 18.5 Å². The fraction of sp³-hybridized carbons (Fsp3) is 0.867. The van der Waals surface area contributed by atoms with Crippen molar-refractivity contribution in [3.05, 3.63) is 0 Å². The molecule has 1 heterocycles. The molecule has 19 heavy (non-hydrogen) atoms. The summed E-state index contributed by atoms with van der Waals surface area (Å²) >= 11 is 0. The van der Waals surface area contributed by atoms with Crippen LogP contribution in [0.1, 0.15) is 53.4 Å². The molecule has 0 aromatic heterocycles. The van der Waals surface area contributed by atoms with Crippen molar-refractivity contribution in [1.82, 2.24) is 10.2 Å². The van der Waals surface area contributed by atoms with Crippen molar-refractivity contribution in [2.24, 2.45) is 11.8 Å². The number of amides is 2. The molecule has 1 aliphatic carbocycles. The maximum Gasteiger partial charge on any atom is 0.245 e. The first-order chi connectivity index (χ1) is 8.82. The molecule has 0 aromatic carbocycles. The standard InChI is InChI=1S/C15H26N2O2/c1-10(2)9-12-14(19)17(8-7-13(18)16-12)15(3,4)11-5-6-11/h10-12H,5-9H2,1-4H3,(H,16,18). The van der Waals surface area contributed by atoms with E-state index >= 15 is 0 Å². The van der Waals surface area contributed by atoms with Gasteiger partial charge in [0.15, 0.2) is 0 Å². The summed E-state index contributed by atoms with van der Waals surface area (Å²) < 4.78 is 0. The third-order valence-electron chi connectivity index (χ3n) is 4.44. The Bertz CT molecular complexity index is 372. The zero-order valence-electron chi connectivity index (χ0n) is 12.5. The monoisotopic (exact) mass is 266 g/mol. The van der Waals surface area contributed by atoms with E-state index in [0.717, 1.165) is 6.42 Å². The van der Waals surface area contributed by atoms with Crippen LogP contribution in [-0.2, 0) is 9.59 Å². The van der Waals surface area contributed by atoms with Gasteiger partial charge in [-0.25, -0.2) is 0 Å². The average molecular weight is 266 g/mol. The Labute approximate surface area is 115 Å². The molecule has 4 heteroatoms. The Hall–Kier alpha value is -1.06. The van der Waals surface area contributed by atoms with Gasteiger partial charge in [0.1, 0.15) is 6.04 Å². The van der Waals surface area contributed by atoms with Gasteiger partial charge in [0.05, 0.1) is 0 Å². The van der Waals surface area contributed by atoms with Gasteiger partial charge in [0.25, 0.3) is 0 Å². The van der Waals surface area contributed by atoms with Crippen LogP contribution in [0.4, 0.5) is 0 Å². The van der Waals surface area contributed by atoms with Crippen molar-refractivity contribution >= 4 is 11.8 Å². The fourth-order valence-corrected chi connectivity index (χ4v) is 3.05. The summed E-state index contributed by atoms with van der Waals surface area (Å²) in [4.78, 5) is 26.5. The van der Waals surface area contributed by atoms with Crippen LogP contribution < -0.4 is 5.32 Å². The summed E-state index contributed by atoms with van der Waals surface area (Å²) in [5, 5.41) is 2.89. The maximum atomic E-state index is 12.7. The lowest BCUT2D eigenvalue weighted by Gasteiger charge is -2.39. The van der Waals surface area contributed by atoms with E-state index in [4.69, 9.17) is 0 Å². The van der Waals surface area contributed by atoms with Crippen molar-refractivity contribution < 1.29 is 9.59 Å². The lowest BCUT2D eigenvalue weighted by atomic mass is 9.94. The molecule has 0 bridgehead atoms. The van der Waals surface area contributed by atoms with E-state index in [1.54, 1.807) is 0 Å². The second-order valence-corrected chi connectivity index (χ2v) is 6.92. The summed E-state index contributed by atoms with van der Waals surface area (Å²) in [6, 6.07) is -0.340. The molecule has 1 N–H and O–H groups in total. The predicted molar refractivity (Wildman–Crippen MR) is 74.5 cm³/mol. The van der Waals surface area contributed by atoms with Crippen molar-refractivity contribution in [2.45, 2.75) is 65.0 Å². The van der Waals surface area contributed by atoms with E-state index in [1.807, 2.05) is 4.90 Å². The maximum absolute atomic E-state index is 12.7. The third-order valence-corrected chi connectivity index (χ3v) is 4.44. The molecule has 0 aromatic rings. The summed E-state index contributed by atoms with van der Waals surface area (Å²) in [6.07, 6.45) is 3.55. The smallest absolute Gasteiger partial charge is 0.245 e. The van der Waals surface area contributed by atoms with Crippen LogP contribution in [0.25, 0.3) is 0 Å². The molecular weight excluding hydrogens is 240 g/mol. The molecular formula is C15H26N2O2. The predicted octanol–water partition coefficient (Wildman–Crippen LogP) is 1.94. The van der Waals surface area contributed by atoms with Crippen molar-refractivity contribution in [3.8, 4) is 0 Å². The van der Waals surface area contributed by atoms with Gasteiger partial charge >= 0.3 is 0 Å². The highest BCUT2D eigenvalue weighted by molar-refractivity contribution is 5.90. The molecule has 4 nitrogen and oxygen atoms in total. The summed E-state index contributed by atoms with van der Waals surface area (Å²) in [7, 11) is 0. The lowest BCUT2D eigenvalue weighted by Crippen LogP contribution is -2.54. The Morgan fingerprint density at radius 2 is 1.95 bits per heavy atom. The van der Waals surface area contributed by atoms with Crippen LogP contribution in [0.2, 0.25) is 0 Å². The third kappa shape index (κ3) is 3.10. The van der Waals surface area contributed by atoms with Crippen LogP contribution in [0.3, 0.4) is 0 Å². The van der Waals surface area contributed by atoms with Crippen molar-refractivity contribution in [3.63, 3.8) is 0 Å². The molecule has 2 amide bonds. The minimum absolute atomic E-state index is 0.00750. The first-order valence-electron chi connectivity index (χ1n) is 7.43. The Morgan fingerprint density at radius 1 is 1.32 bits per heavy atom. The molecule has 0 radical (unpaired) electrons. The quantitative estimate of drug-likeness (QED) is 0.845. The van der Waals surface area contributed by atoms with E-state index in [1.165, 1.54) is 12.8 Å². The van der Waals surface area contributed by atoms with E-state index in [2.05, 4.69) is 33.0 Å². The highest BCUT2D eigenvalue weighted by Gasteiger charge is 2.46. The SMILES string of the molecule is CC(C)CC1NC(=O)CCN(C(C)(C)C2CC2)C1=O. The van der Waals surface area contributed by atoms with Gasteiger partial charge in [-0.3, -0.25) is 9.59 Å². The lowest BCUT2D eigenvalue weighted by molar-refractivity contribution is -0.139. The molecule has 0 spiro atoms. The second kappa shape index (κ2) is 5.14. The molecule has 2 aliphatic rings. The molecule has 2 rings (SSSR count).